The summed E-state index contributed by atoms with van der Waals surface area (Å²) in [7, 11) is -1.10. The highest BCUT2D eigenvalue weighted by atomic mass is 127. The molecule has 150 valence electrons. The maximum atomic E-state index is 13.8. The van der Waals surface area contributed by atoms with Gasteiger partial charge in [-0.05, 0) is 68.3 Å². The number of hydrogen-bond acceptors (Lipinski definition) is 3. The molecule has 1 fully saturated rings. The lowest BCUT2D eigenvalue weighted by molar-refractivity contribution is -0.137. The average Bonchev–Trinajstić information content (AvgIpc) is 3.04. The molecule has 4 nitrogen and oxygen atoms in total. The predicted molar refractivity (Wildman–Crippen MR) is 114 cm³/mol. The zero-order chi connectivity index (χ0) is 20.8. The zero-order valence-corrected chi connectivity index (χ0v) is 19.6. The summed E-state index contributed by atoms with van der Waals surface area (Å²) in [5.74, 6) is 0. The van der Waals surface area contributed by atoms with Crippen molar-refractivity contribution in [3.05, 3.63) is 23.4 Å². The van der Waals surface area contributed by atoms with Crippen LogP contribution < -0.4 is 5.46 Å². The molecule has 27 heavy (non-hydrogen) atoms. The van der Waals surface area contributed by atoms with Gasteiger partial charge in [-0.3, -0.25) is 0 Å². The van der Waals surface area contributed by atoms with E-state index in [1.54, 1.807) is 4.45 Å². The molecule has 0 N–H and O–H groups in total. The number of halogens is 4. The fraction of sp³-hybridized carbons (Fsp3) is 0.588. The number of fused-ring (bicyclic) bond motifs is 1. The lowest BCUT2D eigenvalue weighted by Gasteiger charge is -2.32. The summed E-state index contributed by atoms with van der Waals surface area (Å²) in [6.45, 7) is 12.8. The van der Waals surface area contributed by atoms with E-state index in [0.717, 1.165) is 0 Å². The molecule has 1 unspecified atom stereocenters. The van der Waals surface area contributed by atoms with Gasteiger partial charge in [-0.15, -0.1) is 0 Å². The minimum absolute atomic E-state index is 0.0158. The van der Waals surface area contributed by atoms with Gasteiger partial charge < -0.3 is 9.31 Å². The van der Waals surface area contributed by atoms with Crippen molar-refractivity contribution in [2.24, 2.45) is 0 Å². The fourth-order valence-corrected chi connectivity index (χ4v) is 4.51. The second kappa shape index (κ2) is 7.80. The van der Waals surface area contributed by atoms with E-state index in [1.165, 1.54) is 19.2 Å². The topological polar surface area (TPSA) is 36.3 Å². The first-order chi connectivity index (χ1) is 12.4. The molecule has 1 aromatic carbocycles. The summed E-state index contributed by atoms with van der Waals surface area (Å²) >= 11 is 2.15. The summed E-state index contributed by atoms with van der Waals surface area (Å²) in [4.78, 5) is 0. The monoisotopic (exact) mass is 514 g/mol. The molecule has 10 heteroatoms. The first kappa shape index (κ1) is 22.9. The second-order valence-electron chi connectivity index (χ2n) is 7.14. The van der Waals surface area contributed by atoms with Gasteiger partial charge in [0.25, 0.3) is 0 Å². The molecule has 2 aromatic rings. The number of hydrogen-bond donors (Lipinski definition) is 0. The number of alkyl halides is 3. The third-order valence-corrected chi connectivity index (χ3v) is 6.85. The van der Waals surface area contributed by atoms with Crippen LogP contribution >= 0.6 is 28.4 Å². The first-order valence-corrected chi connectivity index (χ1v) is 12.8. The second-order valence-corrected chi connectivity index (χ2v) is 9.18. The quantitative estimate of drug-likeness (QED) is 0.303. The molecule has 1 saturated heterocycles. The summed E-state index contributed by atoms with van der Waals surface area (Å²) in [6.07, 6.45) is -2.75. The van der Waals surface area contributed by atoms with Crippen LogP contribution in [-0.4, -0.2) is 27.9 Å². The molecule has 0 amide bonds. The van der Waals surface area contributed by atoms with Crippen LogP contribution in [0.4, 0.5) is 13.2 Å². The van der Waals surface area contributed by atoms with Crippen LogP contribution in [0.2, 0.25) is 0 Å². The Bertz CT molecular complexity index is 824. The largest absolute Gasteiger partial charge is 0.496 e. The number of benzene rings is 1. The van der Waals surface area contributed by atoms with E-state index in [0.29, 0.717) is 10.9 Å². The SMILES string of the molecule is CC.Cc1cc2c(cnn2PI)c(B2OC(C)(C)C(C)(C)O2)c1C(F)(F)F. The van der Waals surface area contributed by atoms with Crippen LogP contribution in [0.5, 0.6) is 0 Å². The van der Waals surface area contributed by atoms with Crippen LogP contribution in [0.25, 0.3) is 10.9 Å². The van der Waals surface area contributed by atoms with Crippen molar-refractivity contribution in [1.82, 2.24) is 9.55 Å². The van der Waals surface area contributed by atoms with Gasteiger partial charge in [0.1, 0.15) is 0 Å². The third-order valence-electron chi connectivity index (χ3n) is 4.97. The highest BCUT2D eigenvalue weighted by molar-refractivity contribution is 14.2. The first-order valence-electron chi connectivity index (χ1n) is 8.70. The van der Waals surface area contributed by atoms with Crippen molar-refractivity contribution in [1.29, 1.82) is 0 Å². The van der Waals surface area contributed by atoms with Gasteiger partial charge in [0.15, 0.2) is 0 Å². The van der Waals surface area contributed by atoms with Gasteiger partial charge in [0.2, 0.25) is 0 Å². The Morgan fingerprint density at radius 2 is 1.67 bits per heavy atom. The molecule has 1 atom stereocenters. The Hall–Kier alpha value is -0.375. The molecule has 0 spiro atoms. The number of aromatic nitrogens is 2. The predicted octanol–water partition coefficient (Wildman–Crippen LogP) is 5.48. The summed E-state index contributed by atoms with van der Waals surface area (Å²) in [5, 5.41) is 4.64. The summed E-state index contributed by atoms with van der Waals surface area (Å²) in [5.41, 5.74) is -1.34. The molecular formula is C17H24BF3IN2O2P. The van der Waals surface area contributed by atoms with Crippen molar-refractivity contribution in [3.8, 4) is 0 Å². The van der Waals surface area contributed by atoms with Crippen molar-refractivity contribution in [2.45, 2.75) is 65.8 Å². The Morgan fingerprint density at radius 1 is 1.15 bits per heavy atom. The van der Waals surface area contributed by atoms with Gasteiger partial charge in [0.05, 0.1) is 34.9 Å². The van der Waals surface area contributed by atoms with E-state index >= 15 is 0 Å². The minimum Gasteiger partial charge on any atom is -0.399 e. The summed E-state index contributed by atoms with van der Waals surface area (Å²) in [6, 6.07) is 1.53. The van der Waals surface area contributed by atoms with Gasteiger partial charge in [-0.1, -0.05) is 13.8 Å². The van der Waals surface area contributed by atoms with Crippen molar-refractivity contribution in [2.75, 3.05) is 0 Å². The molecule has 0 aliphatic carbocycles. The highest BCUT2D eigenvalue weighted by Crippen LogP contribution is 2.40. The van der Waals surface area contributed by atoms with Crippen LogP contribution in [0.1, 0.15) is 52.7 Å². The molecule has 0 bridgehead atoms. The van der Waals surface area contributed by atoms with Crippen molar-refractivity contribution in [3.63, 3.8) is 0 Å². The Kier molecular flexibility index (Phi) is 6.62. The molecular weight excluding hydrogens is 490 g/mol. The number of rotatable bonds is 2. The minimum atomic E-state index is -4.51. The van der Waals surface area contributed by atoms with Crippen molar-refractivity contribution < 1.29 is 22.5 Å². The molecule has 2 heterocycles. The van der Waals surface area contributed by atoms with Gasteiger partial charge in [0, 0.05) is 10.8 Å². The Labute approximate surface area is 173 Å². The number of nitrogens with zero attached hydrogens (tertiary/aromatic N) is 2. The lowest BCUT2D eigenvalue weighted by Crippen LogP contribution is -2.41. The molecule has 1 aliphatic heterocycles. The standard InChI is InChI=1S/C15H18BF3IN2O2P.C2H6/c1-8-6-10-9(7-21-22(10)25-20)12(11(8)15(17,18)19)16-23-13(2,3)14(4,5)24-16;1-2/h6-7,25H,1-5H3;1-2H3. The molecule has 1 aromatic heterocycles. The zero-order valence-electron chi connectivity index (χ0n) is 16.5. The van der Waals surface area contributed by atoms with Gasteiger partial charge in [-0.25, -0.2) is 4.45 Å². The maximum absolute atomic E-state index is 13.8. The van der Waals surface area contributed by atoms with Gasteiger partial charge >= 0.3 is 13.3 Å². The van der Waals surface area contributed by atoms with Crippen LogP contribution in [-0.2, 0) is 15.5 Å². The normalized spacial score (nSPS) is 19.0. The molecule has 0 saturated carbocycles. The Balaban J connectivity index is 0.00000126. The fourth-order valence-electron chi connectivity index (χ4n) is 2.98. The Morgan fingerprint density at radius 3 is 2.11 bits per heavy atom. The average molecular weight is 514 g/mol. The van der Waals surface area contributed by atoms with E-state index in [1.807, 2.05) is 41.5 Å². The van der Waals surface area contributed by atoms with E-state index in [-0.39, 0.29) is 17.4 Å². The van der Waals surface area contributed by atoms with E-state index in [4.69, 9.17) is 9.31 Å². The van der Waals surface area contributed by atoms with E-state index < -0.39 is 30.1 Å². The maximum Gasteiger partial charge on any atom is 0.496 e. The van der Waals surface area contributed by atoms with Gasteiger partial charge in [-0.2, -0.15) is 18.3 Å². The highest BCUT2D eigenvalue weighted by Gasteiger charge is 2.54. The summed E-state index contributed by atoms with van der Waals surface area (Å²) < 4.78 is 55.0. The van der Waals surface area contributed by atoms with E-state index in [2.05, 4.69) is 27.1 Å². The third kappa shape index (κ3) is 4.02. The number of aryl methyl sites for hydroxylation is 1. The van der Waals surface area contributed by atoms with Crippen LogP contribution in [0.15, 0.2) is 12.3 Å². The van der Waals surface area contributed by atoms with E-state index in [9.17, 15) is 13.2 Å². The molecule has 0 radical (unpaired) electrons. The van der Waals surface area contributed by atoms with Crippen LogP contribution in [0, 0.1) is 6.92 Å². The smallest absolute Gasteiger partial charge is 0.399 e. The molecule has 1 aliphatic rings. The van der Waals surface area contributed by atoms with Crippen molar-refractivity contribution >= 4 is 51.9 Å². The lowest BCUT2D eigenvalue weighted by atomic mass is 9.72. The molecule has 3 rings (SSSR count). The van der Waals surface area contributed by atoms with Crippen LogP contribution in [0.3, 0.4) is 0 Å².